The second-order valence-corrected chi connectivity index (χ2v) is 5.61. The fourth-order valence-corrected chi connectivity index (χ4v) is 2.83. The minimum atomic E-state index is 0.100. The normalized spacial score (nSPS) is 18.1. The number of nitriles is 1. The van der Waals surface area contributed by atoms with E-state index in [9.17, 15) is 0 Å². The van der Waals surface area contributed by atoms with Gasteiger partial charge in [-0.15, -0.1) is 0 Å². The van der Waals surface area contributed by atoms with Crippen LogP contribution in [0.4, 0.5) is 0 Å². The van der Waals surface area contributed by atoms with Crippen LogP contribution in [0.25, 0.3) is 0 Å². The predicted molar refractivity (Wildman–Crippen MR) is 84.2 cm³/mol. The summed E-state index contributed by atoms with van der Waals surface area (Å²) in [5.41, 5.74) is 1.26. The number of hydrogen-bond acceptors (Lipinski definition) is 4. The minimum absolute atomic E-state index is 0.100. The highest BCUT2D eigenvalue weighted by Crippen LogP contribution is 2.20. The first-order valence-corrected chi connectivity index (χ1v) is 7.81. The van der Waals surface area contributed by atoms with E-state index in [1.54, 1.807) is 0 Å². The highest BCUT2D eigenvalue weighted by molar-refractivity contribution is 5.29. The SMILES string of the molecule is CCN1CCC(NC(C)c2ccc(OCC#N)cc2)CC1. The summed E-state index contributed by atoms with van der Waals surface area (Å²) < 4.78 is 5.28. The second-order valence-electron chi connectivity index (χ2n) is 5.61. The van der Waals surface area contributed by atoms with Gasteiger partial charge >= 0.3 is 0 Å². The van der Waals surface area contributed by atoms with Gasteiger partial charge in [0.2, 0.25) is 0 Å². The molecule has 1 N–H and O–H groups in total. The number of hydrogen-bond donors (Lipinski definition) is 1. The Morgan fingerprint density at radius 2 is 2.00 bits per heavy atom. The van der Waals surface area contributed by atoms with Gasteiger partial charge < -0.3 is 15.0 Å². The molecule has 1 atom stereocenters. The van der Waals surface area contributed by atoms with Crippen molar-refractivity contribution in [2.45, 2.75) is 38.8 Å². The van der Waals surface area contributed by atoms with Crippen LogP contribution in [0, 0.1) is 11.3 Å². The monoisotopic (exact) mass is 287 g/mol. The Morgan fingerprint density at radius 3 is 2.57 bits per heavy atom. The highest BCUT2D eigenvalue weighted by Gasteiger charge is 2.19. The van der Waals surface area contributed by atoms with Gasteiger partial charge in [0, 0.05) is 12.1 Å². The number of ether oxygens (including phenoxy) is 1. The van der Waals surface area contributed by atoms with Crippen molar-refractivity contribution >= 4 is 0 Å². The van der Waals surface area contributed by atoms with Crippen LogP contribution < -0.4 is 10.1 Å². The van der Waals surface area contributed by atoms with Gasteiger partial charge in [-0.3, -0.25) is 0 Å². The van der Waals surface area contributed by atoms with Gasteiger partial charge in [-0.2, -0.15) is 5.26 Å². The molecule has 1 fully saturated rings. The van der Waals surface area contributed by atoms with Crippen molar-refractivity contribution in [3.05, 3.63) is 29.8 Å². The zero-order valence-corrected chi connectivity index (χ0v) is 13.0. The van der Waals surface area contributed by atoms with Crippen molar-refractivity contribution in [2.75, 3.05) is 26.2 Å². The van der Waals surface area contributed by atoms with Gasteiger partial charge in [-0.05, 0) is 57.1 Å². The molecule has 0 saturated carbocycles. The third-order valence-electron chi connectivity index (χ3n) is 4.20. The van der Waals surface area contributed by atoms with E-state index in [-0.39, 0.29) is 6.61 Å². The molecule has 1 aromatic carbocycles. The van der Waals surface area contributed by atoms with Crippen molar-refractivity contribution < 1.29 is 4.74 Å². The molecular formula is C17H25N3O. The van der Waals surface area contributed by atoms with Crippen molar-refractivity contribution in [1.82, 2.24) is 10.2 Å². The van der Waals surface area contributed by atoms with E-state index in [0.717, 1.165) is 12.3 Å². The Kier molecular flexibility index (Phi) is 6.04. The van der Waals surface area contributed by atoms with Gasteiger partial charge in [0.25, 0.3) is 0 Å². The Bertz CT molecular complexity index is 458. The molecule has 0 amide bonds. The third kappa shape index (κ3) is 4.73. The molecule has 2 rings (SSSR count). The molecule has 0 aliphatic carbocycles. The molecule has 0 radical (unpaired) electrons. The molecule has 0 bridgehead atoms. The first kappa shape index (κ1) is 15.8. The van der Waals surface area contributed by atoms with Crippen molar-refractivity contribution in [3.63, 3.8) is 0 Å². The third-order valence-corrected chi connectivity index (χ3v) is 4.20. The number of likely N-dealkylation sites (tertiary alicyclic amines) is 1. The lowest BCUT2D eigenvalue weighted by molar-refractivity contribution is 0.200. The van der Waals surface area contributed by atoms with Crippen LogP contribution in [0.5, 0.6) is 5.75 Å². The van der Waals surface area contributed by atoms with Gasteiger partial charge in [0.1, 0.15) is 11.8 Å². The standard InChI is InChI=1S/C17H25N3O/c1-3-20-11-8-16(9-12-20)19-14(2)15-4-6-17(7-5-15)21-13-10-18/h4-7,14,16,19H,3,8-9,11-13H2,1-2H3. The topological polar surface area (TPSA) is 48.3 Å². The summed E-state index contributed by atoms with van der Waals surface area (Å²) in [6, 6.07) is 10.9. The zero-order valence-electron chi connectivity index (χ0n) is 13.0. The fourth-order valence-electron chi connectivity index (χ4n) is 2.83. The Morgan fingerprint density at radius 1 is 1.33 bits per heavy atom. The summed E-state index contributed by atoms with van der Waals surface area (Å²) in [6.45, 7) is 8.09. The Balaban J connectivity index is 1.83. The summed E-state index contributed by atoms with van der Waals surface area (Å²) in [4.78, 5) is 2.50. The Hall–Kier alpha value is -1.57. The summed E-state index contributed by atoms with van der Waals surface area (Å²) >= 11 is 0. The lowest BCUT2D eigenvalue weighted by atomic mass is 10.0. The maximum Gasteiger partial charge on any atom is 0.174 e. The molecule has 1 saturated heterocycles. The van der Waals surface area contributed by atoms with Gasteiger partial charge in [0.15, 0.2) is 6.61 Å². The van der Waals surface area contributed by atoms with Gasteiger partial charge in [-0.25, -0.2) is 0 Å². The molecule has 1 aromatic rings. The molecule has 1 unspecified atom stereocenters. The molecule has 1 aliphatic rings. The number of nitrogens with one attached hydrogen (secondary N) is 1. The predicted octanol–water partition coefficient (Wildman–Crippen LogP) is 2.72. The number of nitrogens with zero attached hydrogens (tertiary/aromatic N) is 2. The van der Waals surface area contributed by atoms with Crippen molar-refractivity contribution in [1.29, 1.82) is 5.26 Å². The molecular weight excluding hydrogens is 262 g/mol. The van der Waals surface area contributed by atoms with Crippen LogP contribution in [0.1, 0.15) is 38.3 Å². The van der Waals surface area contributed by atoms with E-state index in [4.69, 9.17) is 10.00 Å². The van der Waals surface area contributed by atoms with E-state index in [1.807, 2.05) is 18.2 Å². The average Bonchev–Trinajstić information content (AvgIpc) is 2.54. The first-order chi connectivity index (χ1) is 10.2. The van der Waals surface area contributed by atoms with E-state index in [2.05, 4.69) is 36.2 Å². The smallest absolute Gasteiger partial charge is 0.174 e. The molecule has 4 heteroatoms. The maximum absolute atomic E-state index is 8.50. The fraction of sp³-hybridized carbons (Fsp3) is 0.588. The first-order valence-electron chi connectivity index (χ1n) is 7.81. The quantitative estimate of drug-likeness (QED) is 0.874. The summed E-state index contributed by atoms with van der Waals surface area (Å²) in [7, 11) is 0. The van der Waals surface area contributed by atoms with Crippen molar-refractivity contribution in [3.8, 4) is 11.8 Å². The molecule has 1 aliphatic heterocycles. The molecule has 21 heavy (non-hydrogen) atoms. The number of piperidine rings is 1. The lowest BCUT2D eigenvalue weighted by Gasteiger charge is -2.33. The van der Waals surface area contributed by atoms with Crippen LogP contribution in [0.3, 0.4) is 0 Å². The average molecular weight is 287 g/mol. The van der Waals surface area contributed by atoms with E-state index < -0.39 is 0 Å². The largest absolute Gasteiger partial charge is 0.479 e. The molecule has 4 nitrogen and oxygen atoms in total. The van der Waals surface area contributed by atoms with Crippen LogP contribution in [-0.2, 0) is 0 Å². The highest BCUT2D eigenvalue weighted by atomic mass is 16.5. The lowest BCUT2D eigenvalue weighted by Crippen LogP contribution is -2.43. The summed E-state index contributed by atoms with van der Waals surface area (Å²) in [5, 5.41) is 12.2. The van der Waals surface area contributed by atoms with Crippen LogP contribution in [-0.4, -0.2) is 37.2 Å². The zero-order chi connectivity index (χ0) is 15.1. The van der Waals surface area contributed by atoms with Crippen LogP contribution in [0.15, 0.2) is 24.3 Å². The minimum Gasteiger partial charge on any atom is -0.479 e. The molecule has 0 spiro atoms. The molecule has 1 heterocycles. The van der Waals surface area contributed by atoms with E-state index in [1.165, 1.54) is 31.5 Å². The summed E-state index contributed by atoms with van der Waals surface area (Å²) in [5.74, 6) is 0.753. The number of rotatable bonds is 6. The van der Waals surface area contributed by atoms with Crippen molar-refractivity contribution in [2.24, 2.45) is 0 Å². The Labute approximate surface area is 127 Å². The van der Waals surface area contributed by atoms with Crippen LogP contribution >= 0.6 is 0 Å². The molecule has 114 valence electrons. The summed E-state index contributed by atoms with van der Waals surface area (Å²) in [6.07, 6.45) is 2.45. The maximum atomic E-state index is 8.50. The van der Waals surface area contributed by atoms with E-state index >= 15 is 0 Å². The van der Waals surface area contributed by atoms with E-state index in [0.29, 0.717) is 12.1 Å². The number of benzene rings is 1. The van der Waals surface area contributed by atoms with Gasteiger partial charge in [0.05, 0.1) is 0 Å². The van der Waals surface area contributed by atoms with Gasteiger partial charge in [-0.1, -0.05) is 19.1 Å². The van der Waals surface area contributed by atoms with Crippen LogP contribution in [0.2, 0.25) is 0 Å². The molecule has 0 aromatic heterocycles. The second kappa shape index (κ2) is 8.02.